The first-order valence-corrected chi connectivity index (χ1v) is 10.3. The lowest BCUT2D eigenvalue weighted by Gasteiger charge is -2.32. The SMILES string of the molecule is COc1cc(C#N)ccc1C1C(C(N)=O)=C(C)Nc2c(C)cnc(OCC3=CC=CC3)c21. The number of methoxy groups -OCH3 is 1. The summed E-state index contributed by atoms with van der Waals surface area (Å²) in [7, 11) is 1.54. The number of nitrogens with zero attached hydrogens (tertiary/aromatic N) is 2. The second-order valence-electron chi connectivity index (χ2n) is 7.81. The van der Waals surface area contributed by atoms with Crippen LogP contribution in [0, 0.1) is 18.3 Å². The van der Waals surface area contributed by atoms with Crippen LogP contribution in [-0.4, -0.2) is 24.6 Å². The molecule has 0 saturated heterocycles. The van der Waals surface area contributed by atoms with Crippen molar-refractivity contribution < 1.29 is 14.3 Å². The van der Waals surface area contributed by atoms with Crippen molar-refractivity contribution in [2.45, 2.75) is 26.2 Å². The largest absolute Gasteiger partial charge is 0.496 e. The van der Waals surface area contributed by atoms with Crippen LogP contribution in [0.2, 0.25) is 0 Å². The summed E-state index contributed by atoms with van der Waals surface area (Å²) < 4.78 is 11.8. The number of aryl methyl sites for hydroxylation is 1. The van der Waals surface area contributed by atoms with E-state index in [1.807, 2.05) is 26.0 Å². The third-order valence-electron chi connectivity index (χ3n) is 5.74. The molecule has 4 rings (SSSR count). The molecule has 162 valence electrons. The Morgan fingerprint density at radius 2 is 2.19 bits per heavy atom. The van der Waals surface area contributed by atoms with Crippen LogP contribution >= 0.6 is 0 Å². The number of rotatable bonds is 6. The molecular formula is C25H24N4O3. The van der Waals surface area contributed by atoms with Gasteiger partial charge in [0.25, 0.3) is 0 Å². The fraction of sp³-hybridized carbons (Fsp3) is 0.240. The van der Waals surface area contributed by atoms with Gasteiger partial charge in [0.2, 0.25) is 11.8 Å². The molecule has 2 aliphatic rings. The van der Waals surface area contributed by atoms with E-state index in [4.69, 9.17) is 15.2 Å². The van der Waals surface area contributed by atoms with E-state index in [-0.39, 0.29) is 0 Å². The van der Waals surface area contributed by atoms with Crippen LogP contribution in [-0.2, 0) is 4.79 Å². The Balaban J connectivity index is 1.91. The molecule has 0 saturated carbocycles. The second-order valence-corrected chi connectivity index (χ2v) is 7.81. The van der Waals surface area contributed by atoms with Crippen LogP contribution in [0.25, 0.3) is 0 Å². The number of fused-ring (bicyclic) bond motifs is 1. The van der Waals surface area contributed by atoms with Gasteiger partial charge in [-0.1, -0.05) is 24.3 Å². The zero-order valence-electron chi connectivity index (χ0n) is 18.2. The first-order valence-electron chi connectivity index (χ1n) is 10.3. The van der Waals surface area contributed by atoms with Gasteiger partial charge < -0.3 is 20.5 Å². The zero-order valence-corrected chi connectivity index (χ0v) is 18.2. The van der Waals surface area contributed by atoms with Gasteiger partial charge in [0.1, 0.15) is 12.4 Å². The van der Waals surface area contributed by atoms with E-state index in [1.165, 1.54) is 7.11 Å². The van der Waals surface area contributed by atoms with Gasteiger partial charge in [0.05, 0.1) is 35.9 Å². The fourth-order valence-corrected chi connectivity index (χ4v) is 4.19. The first kappa shape index (κ1) is 21.2. The number of nitrogens with two attached hydrogens (primary N) is 1. The topological polar surface area (TPSA) is 110 Å². The highest BCUT2D eigenvalue weighted by molar-refractivity contribution is 5.98. The maximum Gasteiger partial charge on any atom is 0.247 e. The Labute approximate surface area is 186 Å². The van der Waals surface area contributed by atoms with Gasteiger partial charge in [-0.2, -0.15) is 5.26 Å². The predicted molar refractivity (Wildman–Crippen MR) is 121 cm³/mol. The monoisotopic (exact) mass is 428 g/mol. The molecule has 1 amide bonds. The molecule has 1 atom stereocenters. The average Bonchev–Trinajstić information content (AvgIpc) is 3.31. The van der Waals surface area contributed by atoms with E-state index in [0.29, 0.717) is 40.6 Å². The van der Waals surface area contributed by atoms with E-state index < -0.39 is 11.8 Å². The minimum atomic E-state index is -0.565. The summed E-state index contributed by atoms with van der Waals surface area (Å²) in [6, 6.07) is 7.27. The molecule has 1 unspecified atom stereocenters. The Morgan fingerprint density at radius 1 is 1.38 bits per heavy atom. The molecule has 0 radical (unpaired) electrons. The number of nitrogens with one attached hydrogen (secondary N) is 1. The number of benzene rings is 1. The minimum absolute atomic E-state index is 0.390. The van der Waals surface area contributed by atoms with Crippen LogP contribution in [0.1, 0.15) is 41.5 Å². The lowest BCUT2D eigenvalue weighted by Crippen LogP contribution is -2.28. The zero-order chi connectivity index (χ0) is 22.8. The van der Waals surface area contributed by atoms with Gasteiger partial charge in [-0.3, -0.25) is 4.79 Å². The van der Waals surface area contributed by atoms with Gasteiger partial charge in [-0.25, -0.2) is 4.98 Å². The number of aromatic nitrogens is 1. The third kappa shape index (κ3) is 3.71. The maximum absolute atomic E-state index is 12.6. The number of hydrogen-bond donors (Lipinski definition) is 2. The van der Waals surface area contributed by atoms with Crippen LogP contribution in [0.15, 0.2) is 59.5 Å². The molecule has 32 heavy (non-hydrogen) atoms. The number of allylic oxidation sites excluding steroid dienone is 4. The molecule has 1 aliphatic carbocycles. The fourth-order valence-electron chi connectivity index (χ4n) is 4.19. The van der Waals surface area contributed by atoms with Crippen molar-refractivity contribution in [1.82, 2.24) is 4.98 Å². The number of pyridine rings is 1. The lowest BCUT2D eigenvalue weighted by molar-refractivity contribution is -0.114. The average molecular weight is 428 g/mol. The van der Waals surface area contributed by atoms with Crippen molar-refractivity contribution in [3.63, 3.8) is 0 Å². The summed E-state index contributed by atoms with van der Waals surface area (Å²) in [6.07, 6.45) is 8.68. The summed E-state index contributed by atoms with van der Waals surface area (Å²) in [5.74, 6) is -0.200. The predicted octanol–water partition coefficient (Wildman–Crippen LogP) is 3.85. The molecule has 0 spiro atoms. The number of carbonyl (C=O) groups is 1. The minimum Gasteiger partial charge on any atom is -0.496 e. The summed E-state index contributed by atoms with van der Waals surface area (Å²) in [5, 5.41) is 12.6. The normalized spacial score (nSPS) is 16.7. The smallest absolute Gasteiger partial charge is 0.247 e. The molecule has 1 aliphatic heterocycles. The van der Waals surface area contributed by atoms with Crippen LogP contribution in [0.5, 0.6) is 11.6 Å². The number of hydrogen-bond acceptors (Lipinski definition) is 6. The van der Waals surface area contributed by atoms with Crippen LogP contribution < -0.4 is 20.5 Å². The van der Waals surface area contributed by atoms with E-state index in [2.05, 4.69) is 22.4 Å². The Kier molecular flexibility index (Phi) is 5.69. The van der Waals surface area contributed by atoms with Crippen molar-refractivity contribution >= 4 is 11.6 Å². The molecule has 1 aromatic heterocycles. The molecular weight excluding hydrogens is 404 g/mol. The summed E-state index contributed by atoms with van der Waals surface area (Å²) >= 11 is 0. The molecule has 0 bridgehead atoms. The summed E-state index contributed by atoms with van der Waals surface area (Å²) in [4.78, 5) is 17.2. The Morgan fingerprint density at radius 3 is 2.84 bits per heavy atom. The van der Waals surface area contributed by atoms with E-state index in [9.17, 15) is 10.1 Å². The summed E-state index contributed by atoms with van der Waals surface area (Å²) in [5.41, 5.74) is 11.7. The van der Waals surface area contributed by atoms with Gasteiger partial charge >= 0.3 is 0 Å². The number of primary amides is 1. The first-order chi connectivity index (χ1) is 15.4. The van der Waals surface area contributed by atoms with Crippen LogP contribution in [0.3, 0.4) is 0 Å². The van der Waals surface area contributed by atoms with Crippen LogP contribution in [0.4, 0.5) is 5.69 Å². The van der Waals surface area contributed by atoms with Crippen molar-refractivity contribution in [2.75, 3.05) is 19.0 Å². The summed E-state index contributed by atoms with van der Waals surface area (Å²) in [6.45, 7) is 4.16. The van der Waals surface area contributed by atoms with Crippen molar-refractivity contribution in [3.8, 4) is 17.7 Å². The number of nitriles is 1. The number of carbonyl (C=O) groups excluding carboxylic acids is 1. The Bertz CT molecular complexity index is 1230. The maximum atomic E-state index is 12.6. The van der Waals surface area contributed by atoms with Crippen molar-refractivity contribution in [2.24, 2.45) is 5.73 Å². The molecule has 7 heteroatoms. The van der Waals surface area contributed by atoms with Gasteiger partial charge in [0, 0.05) is 23.0 Å². The van der Waals surface area contributed by atoms with Gasteiger partial charge in [0.15, 0.2) is 0 Å². The molecule has 3 N–H and O–H groups in total. The Hall–Kier alpha value is -4.05. The second kappa shape index (κ2) is 8.60. The van der Waals surface area contributed by atoms with Crippen molar-refractivity contribution in [1.29, 1.82) is 5.26 Å². The lowest BCUT2D eigenvalue weighted by atomic mass is 9.79. The van der Waals surface area contributed by atoms with E-state index in [0.717, 1.165) is 28.8 Å². The standard InChI is InChI=1S/C25H24N4O3/c1-14-12-28-25(32-13-16-6-4-5-7-16)22-21(20(24(27)30)15(2)29-23(14)22)18-9-8-17(11-26)10-19(18)31-3/h4-6,8-10,12,21,29H,7,13H2,1-3H3,(H2,27,30). The van der Waals surface area contributed by atoms with Crippen molar-refractivity contribution in [3.05, 3.63) is 81.7 Å². The van der Waals surface area contributed by atoms with E-state index >= 15 is 0 Å². The number of anilines is 1. The quantitative estimate of drug-likeness (QED) is 0.723. The van der Waals surface area contributed by atoms with E-state index in [1.54, 1.807) is 24.4 Å². The van der Waals surface area contributed by atoms with Gasteiger partial charge in [-0.15, -0.1) is 0 Å². The molecule has 0 fully saturated rings. The van der Waals surface area contributed by atoms with Gasteiger partial charge in [-0.05, 0) is 43.5 Å². The highest BCUT2D eigenvalue weighted by Crippen LogP contribution is 2.48. The molecule has 1 aromatic carbocycles. The molecule has 7 nitrogen and oxygen atoms in total. The number of ether oxygens (including phenoxy) is 2. The molecule has 2 aromatic rings. The third-order valence-corrected chi connectivity index (χ3v) is 5.74. The molecule has 2 heterocycles. The number of amides is 1. The highest BCUT2D eigenvalue weighted by atomic mass is 16.5. The highest BCUT2D eigenvalue weighted by Gasteiger charge is 2.37.